The quantitative estimate of drug-likeness (QED) is 0.490. The van der Waals surface area contributed by atoms with E-state index in [1.807, 2.05) is 6.07 Å². The largest absolute Gasteiger partial charge is 0.482 e. The predicted molar refractivity (Wildman–Crippen MR) is 117 cm³/mol. The zero-order chi connectivity index (χ0) is 23.3. The van der Waals surface area contributed by atoms with Crippen molar-refractivity contribution in [2.45, 2.75) is 17.9 Å². The van der Waals surface area contributed by atoms with Crippen molar-refractivity contribution in [3.63, 3.8) is 0 Å². The molecule has 0 aliphatic carbocycles. The fourth-order valence-corrected chi connectivity index (χ4v) is 4.37. The Hall–Kier alpha value is -3.01. The highest BCUT2D eigenvalue weighted by atomic mass is 35.5. The summed E-state index contributed by atoms with van der Waals surface area (Å²) in [5.74, 6) is -2.64. The highest BCUT2D eigenvalue weighted by Gasteiger charge is 2.20. The van der Waals surface area contributed by atoms with E-state index in [1.54, 1.807) is 31.2 Å². The molecule has 0 aliphatic heterocycles. The molecule has 3 aromatic rings. The lowest BCUT2D eigenvalue weighted by molar-refractivity contribution is -0.118. The van der Waals surface area contributed by atoms with Crippen LogP contribution in [0.3, 0.4) is 0 Å². The Balaban J connectivity index is 1.65. The van der Waals surface area contributed by atoms with Gasteiger partial charge in [0.05, 0.1) is 9.92 Å². The molecule has 1 unspecified atom stereocenters. The molecule has 3 aromatic carbocycles. The van der Waals surface area contributed by atoms with Crippen molar-refractivity contribution in [2.75, 3.05) is 11.9 Å². The van der Waals surface area contributed by atoms with Gasteiger partial charge in [0, 0.05) is 6.04 Å². The second-order valence-electron chi connectivity index (χ2n) is 6.78. The van der Waals surface area contributed by atoms with E-state index in [0.29, 0.717) is 0 Å². The molecule has 168 valence electrons. The first-order chi connectivity index (χ1) is 15.2. The summed E-state index contributed by atoms with van der Waals surface area (Å²) in [6.07, 6.45) is 0. The summed E-state index contributed by atoms with van der Waals surface area (Å²) in [4.78, 5) is 11.9. The third kappa shape index (κ3) is 5.82. The molecule has 0 aliphatic rings. The van der Waals surface area contributed by atoms with Crippen LogP contribution in [0.15, 0.2) is 71.6 Å². The first-order valence-electron chi connectivity index (χ1n) is 9.41. The first kappa shape index (κ1) is 23.6. The molecular formula is C22H19ClF2N2O4S. The summed E-state index contributed by atoms with van der Waals surface area (Å²) in [6.45, 7) is 1.12. The van der Waals surface area contributed by atoms with Gasteiger partial charge in [-0.2, -0.15) is 0 Å². The van der Waals surface area contributed by atoms with Crippen LogP contribution in [0.5, 0.6) is 5.75 Å². The summed E-state index contributed by atoms with van der Waals surface area (Å²) in [5.41, 5.74) is 0.201. The third-order valence-electron chi connectivity index (χ3n) is 4.43. The normalized spacial score (nSPS) is 12.2. The van der Waals surface area contributed by atoms with Gasteiger partial charge in [0.1, 0.15) is 23.1 Å². The van der Waals surface area contributed by atoms with Crippen LogP contribution in [0.1, 0.15) is 18.5 Å². The molecule has 0 radical (unpaired) electrons. The number of carbonyl (C=O) groups excluding carboxylic acids is 1. The molecule has 2 N–H and O–H groups in total. The lowest BCUT2D eigenvalue weighted by Gasteiger charge is -2.15. The standard InChI is InChI=1S/C22H19ClF2N2O4S/c1-14(15-6-3-2-4-7-15)27-32(29,30)16-10-11-20(17(23)12-16)31-13-21(28)26-22-18(24)8-5-9-19(22)25/h2-12,14,27H,13H2,1H3,(H,26,28). The first-order valence-corrected chi connectivity index (χ1v) is 11.3. The Kier molecular flexibility index (Phi) is 7.44. The second-order valence-corrected chi connectivity index (χ2v) is 8.90. The summed E-state index contributed by atoms with van der Waals surface area (Å²) < 4.78 is 60.4. The molecule has 10 heteroatoms. The molecule has 1 atom stereocenters. The van der Waals surface area contributed by atoms with Crippen LogP contribution < -0.4 is 14.8 Å². The Labute approximate surface area is 189 Å². The minimum Gasteiger partial charge on any atom is -0.482 e. The van der Waals surface area contributed by atoms with Crippen LogP contribution in [0.2, 0.25) is 5.02 Å². The van der Waals surface area contributed by atoms with Gasteiger partial charge in [-0.3, -0.25) is 4.79 Å². The lowest BCUT2D eigenvalue weighted by Crippen LogP contribution is -2.27. The van der Waals surface area contributed by atoms with Crippen molar-refractivity contribution >= 4 is 33.2 Å². The van der Waals surface area contributed by atoms with E-state index in [1.165, 1.54) is 24.3 Å². The maximum atomic E-state index is 13.6. The van der Waals surface area contributed by atoms with Gasteiger partial charge in [0.15, 0.2) is 6.61 Å². The number of ether oxygens (including phenoxy) is 1. The number of halogens is 3. The van der Waals surface area contributed by atoms with Gasteiger partial charge in [-0.1, -0.05) is 48.0 Å². The van der Waals surface area contributed by atoms with Crippen LogP contribution in [0.4, 0.5) is 14.5 Å². The number of anilines is 1. The van der Waals surface area contributed by atoms with E-state index in [9.17, 15) is 22.0 Å². The van der Waals surface area contributed by atoms with E-state index in [2.05, 4.69) is 10.0 Å². The molecule has 0 heterocycles. The molecule has 32 heavy (non-hydrogen) atoms. The van der Waals surface area contributed by atoms with Gasteiger partial charge in [-0.15, -0.1) is 0 Å². The minimum atomic E-state index is -3.88. The van der Waals surface area contributed by atoms with Crippen LogP contribution >= 0.6 is 11.6 Å². The Morgan fingerprint density at radius 2 is 1.69 bits per heavy atom. The number of benzene rings is 3. The van der Waals surface area contributed by atoms with Crippen LogP contribution in [-0.2, 0) is 14.8 Å². The third-order valence-corrected chi connectivity index (χ3v) is 6.26. The zero-order valence-electron chi connectivity index (χ0n) is 16.8. The summed E-state index contributed by atoms with van der Waals surface area (Å²) in [6, 6.07) is 15.5. The van der Waals surface area contributed by atoms with Crippen molar-refractivity contribution < 1.29 is 26.7 Å². The van der Waals surface area contributed by atoms with E-state index < -0.39 is 45.9 Å². The Morgan fingerprint density at radius 3 is 2.31 bits per heavy atom. The summed E-state index contributed by atoms with van der Waals surface area (Å²) in [7, 11) is -3.88. The number of hydrogen-bond donors (Lipinski definition) is 2. The van der Waals surface area contributed by atoms with Crippen LogP contribution in [0, 0.1) is 11.6 Å². The highest BCUT2D eigenvalue weighted by molar-refractivity contribution is 7.89. The SMILES string of the molecule is CC(NS(=O)(=O)c1ccc(OCC(=O)Nc2c(F)cccc2F)c(Cl)c1)c1ccccc1. The summed E-state index contributed by atoms with van der Waals surface area (Å²) >= 11 is 6.11. The van der Waals surface area contributed by atoms with E-state index >= 15 is 0 Å². The molecule has 0 fully saturated rings. The fraction of sp³-hybridized carbons (Fsp3) is 0.136. The maximum Gasteiger partial charge on any atom is 0.262 e. The molecule has 0 aromatic heterocycles. The number of nitrogens with one attached hydrogen (secondary N) is 2. The number of hydrogen-bond acceptors (Lipinski definition) is 4. The molecule has 1 amide bonds. The Morgan fingerprint density at radius 1 is 1.03 bits per heavy atom. The molecule has 6 nitrogen and oxygen atoms in total. The molecule has 0 bridgehead atoms. The zero-order valence-corrected chi connectivity index (χ0v) is 18.4. The topological polar surface area (TPSA) is 84.5 Å². The average molecular weight is 481 g/mol. The molecular weight excluding hydrogens is 462 g/mol. The summed E-state index contributed by atoms with van der Waals surface area (Å²) in [5, 5.41) is 2.03. The molecule has 3 rings (SSSR count). The number of sulfonamides is 1. The van der Waals surface area contributed by atoms with Crippen molar-refractivity contribution in [2.24, 2.45) is 0 Å². The fourth-order valence-electron chi connectivity index (χ4n) is 2.81. The predicted octanol–water partition coefficient (Wildman–Crippen LogP) is 4.68. The van der Waals surface area contributed by atoms with Crippen LogP contribution in [-0.4, -0.2) is 20.9 Å². The van der Waals surface area contributed by atoms with Crippen molar-refractivity contribution in [1.82, 2.24) is 4.72 Å². The molecule has 0 spiro atoms. The Bertz CT molecular complexity index is 1200. The van der Waals surface area contributed by atoms with E-state index in [-0.39, 0.29) is 15.7 Å². The van der Waals surface area contributed by atoms with Gasteiger partial charge in [-0.25, -0.2) is 21.9 Å². The van der Waals surface area contributed by atoms with E-state index in [4.69, 9.17) is 16.3 Å². The van der Waals surface area contributed by atoms with Gasteiger partial charge < -0.3 is 10.1 Å². The number of carbonyl (C=O) groups is 1. The molecule has 0 saturated heterocycles. The minimum absolute atomic E-state index is 0.0332. The maximum absolute atomic E-state index is 13.6. The lowest BCUT2D eigenvalue weighted by atomic mass is 10.1. The van der Waals surface area contributed by atoms with Crippen molar-refractivity contribution in [1.29, 1.82) is 0 Å². The van der Waals surface area contributed by atoms with Crippen LogP contribution in [0.25, 0.3) is 0 Å². The number of para-hydroxylation sites is 1. The van der Waals surface area contributed by atoms with Crippen molar-refractivity contribution in [3.8, 4) is 5.75 Å². The van der Waals surface area contributed by atoms with Gasteiger partial charge >= 0.3 is 0 Å². The molecule has 0 saturated carbocycles. The van der Waals surface area contributed by atoms with Crippen molar-refractivity contribution in [3.05, 3.63) is 89.0 Å². The highest BCUT2D eigenvalue weighted by Crippen LogP contribution is 2.28. The van der Waals surface area contributed by atoms with Gasteiger partial charge in [0.25, 0.3) is 5.91 Å². The second kappa shape index (κ2) is 10.1. The smallest absolute Gasteiger partial charge is 0.262 e. The number of rotatable bonds is 8. The monoisotopic (exact) mass is 480 g/mol. The van der Waals surface area contributed by atoms with E-state index in [0.717, 1.165) is 17.7 Å². The average Bonchev–Trinajstić information content (AvgIpc) is 2.76. The van der Waals surface area contributed by atoms with Gasteiger partial charge in [0.2, 0.25) is 10.0 Å². The van der Waals surface area contributed by atoms with Gasteiger partial charge in [-0.05, 0) is 42.8 Å². The number of amides is 1.